The third kappa shape index (κ3) is 2.48. The van der Waals surface area contributed by atoms with Crippen LogP contribution in [0.5, 0.6) is 0 Å². The first-order chi connectivity index (χ1) is 12.4. The van der Waals surface area contributed by atoms with Crippen LogP contribution in [0.1, 0.15) is 38.2 Å². The molecule has 1 saturated carbocycles. The van der Waals surface area contributed by atoms with E-state index in [1.54, 1.807) is 29.9 Å². The van der Waals surface area contributed by atoms with Crippen molar-refractivity contribution in [3.05, 3.63) is 52.2 Å². The Morgan fingerprint density at radius 2 is 2.04 bits per heavy atom. The second kappa shape index (κ2) is 5.90. The average Bonchev–Trinajstić information content (AvgIpc) is 2.99. The van der Waals surface area contributed by atoms with Crippen LogP contribution < -0.4 is 5.56 Å². The average molecular weight is 353 g/mol. The zero-order valence-electron chi connectivity index (χ0n) is 14.8. The van der Waals surface area contributed by atoms with Gasteiger partial charge in [-0.3, -0.25) is 14.3 Å². The molecular weight excluding hydrogens is 333 g/mol. The Morgan fingerprint density at radius 3 is 2.77 bits per heavy atom. The Balaban J connectivity index is 1.80. The third-order valence-electron chi connectivity index (χ3n) is 5.58. The van der Waals surface area contributed by atoms with Crippen LogP contribution in [0.4, 0.5) is 4.39 Å². The Bertz CT molecular complexity index is 1080. The molecule has 1 aromatic carbocycles. The number of benzene rings is 1. The van der Waals surface area contributed by atoms with E-state index >= 15 is 0 Å². The molecule has 1 aliphatic rings. The second-order valence-electron chi connectivity index (χ2n) is 7.24. The van der Waals surface area contributed by atoms with E-state index in [-0.39, 0.29) is 17.2 Å². The smallest absolute Gasteiger partial charge is 0.252 e. The van der Waals surface area contributed by atoms with E-state index in [1.807, 2.05) is 6.92 Å². The van der Waals surface area contributed by atoms with Crippen LogP contribution >= 0.6 is 0 Å². The SMILES string of the molecule is Cn1ncc2c(F)cc(-c3ccc([C@@]4(C)CCCCC4=O)c(=O)[nH]3)cc21. The minimum Gasteiger partial charge on any atom is -0.322 e. The molecule has 6 heteroatoms. The number of nitrogens with zero attached hydrogens (tertiary/aromatic N) is 2. The highest BCUT2D eigenvalue weighted by atomic mass is 19.1. The number of hydrogen-bond acceptors (Lipinski definition) is 3. The van der Waals surface area contributed by atoms with Crippen LogP contribution in [-0.2, 0) is 17.3 Å². The fraction of sp³-hybridized carbons (Fsp3) is 0.350. The van der Waals surface area contributed by atoms with Gasteiger partial charge in [-0.15, -0.1) is 0 Å². The number of H-pyrrole nitrogens is 1. The molecule has 0 saturated heterocycles. The van der Waals surface area contributed by atoms with Gasteiger partial charge in [-0.2, -0.15) is 5.10 Å². The highest BCUT2D eigenvalue weighted by Gasteiger charge is 2.38. The predicted molar refractivity (Wildman–Crippen MR) is 97.6 cm³/mol. The summed E-state index contributed by atoms with van der Waals surface area (Å²) in [5, 5.41) is 4.51. The van der Waals surface area contributed by atoms with Gasteiger partial charge in [0.15, 0.2) is 0 Å². The number of rotatable bonds is 2. The van der Waals surface area contributed by atoms with Crippen molar-refractivity contribution in [2.24, 2.45) is 7.05 Å². The van der Waals surface area contributed by atoms with Gasteiger partial charge < -0.3 is 4.98 Å². The zero-order valence-corrected chi connectivity index (χ0v) is 14.8. The van der Waals surface area contributed by atoms with Gasteiger partial charge in [0.05, 0.1) is 22.5 Å². The number of ketones is 1. The molecule has 1 atom stereocenters. The van der Waals surface area contributed by atoms with Gasteiger partial charge in [0.2, 0.25) is 0 Å². The molecule has 1 fully saturated rings. The maximum Gasteiger partial charge on any atom is 0.252 e. The van der Waals surface area contributed by atoms with E-state index in [9.17, 15) is 14.0 Å². The number of aryl methyl sites for hydroxylation is 1. The summed E-state index contributed by atoms with van der Waals surface area (Å²) in [6, 6.07) is 6.65. The monoisotopic (exact) mass is 353 g/mol. The minimum atomic E-state index is -0.735. The molecule has 4 rings (SSSR count). The predicted octanol–water partition coefficient (Wildman–Crippen LogP) is 3.47. The highest BCUT2D eigenvalue weighted by Crippen LogP contribution is 2.35. The lowest BCUT2D eigenvalue weighted by Crippen LogP contribution is -2.40. The van der Waals surface area contributed by atoms with Crippen LogP contribution in [0.2, 0.25) is 0 Å². The number of carbonyl (C=O) groups is 1. The molecule has 0 amide bonds. The third-order valence-corrected chi connectivity index (χ3v) is 5.58. The Morgan fingerprint density at radius 1 is 1.23 bits per heavy atom. The molecule has 1 aliphatic carbocycles. The molecule has 2 heterocycles. The molecule has 134 valence electrons. The molecule has 2 aromatic heterocycles. The molecular formula is C20H20FN3O2. The summed E-state index contributed by atoms with van der Waals surface area (Å²) < 4.78 is 15.9. The van der Waals surface area contributed by atoms with Crippen LogP contribution in [0.25, 0.3) is 22.2 Å². The molecule has 5 nitrogen and oxygen atoms in total. The number of fused-ring (bicyclic) bond motifs is 1. The number of halogens is 1. The Hall–Kier alpha value is -2.76. The Kier molecular flexibility index (Phi) is 3.79. The minimum absolute atomic E-state index is 0.115. The van der Waals surface area contributed by atoms with Crippen LogP contribution in [0, 0.1) is 5.82 Å². The maximum absolute atomic E-state index is 14.3. The summed E-state index contributed by atoms with van der Waals surface area (Å²) in [5.41, 5.74) is 1.22. The molecule has 3 aromatic rings. The van der Waals surface area contributed by atoms with Gasteiger partial charge in [0.1, 0.15) is 11.6 Å². The summed E-state index contributed by atoms with van der Waals surface area (Å²) in [6.45, 7) is 1.85. The quantitative estimate of drug-likeness (QED) is 0.767. The van der Waals surface area contributed by atoms with Gasteiger partial charge in [0.25, 0.3) is 5.56 Å². The lowest BCUT2D eigenvalue weighted by Gasteiger charge is -2.31. The maximum atomic E-state index is 14.3. The van der Waals surface area contributed by atoms with Gasteiger partial charge in [0, 0.05) is 30.3 Å². The molecule has 26 heavy (non-hydrogen) atoms. The van der Waals surface area contributed by atoms with Gasteiger partial charge in [-0.1, -0.05) is 12.5 Å². The van der Waals surface area contributed by atoms with Crippen molar-refractivity contribution in [2.75, 3.05) is 0 Å². The van der Waals surface area contributed by atoms with E-state index in [2.05, 4.69) is 10.1 Å². The van der Waals surface area contributed by atoms with E-state index in [4.69, 9.17) is 0 Å². The van der Waals surface area contributed by atoms with Crippen molar-refractivity contribution < 1.29 is 9.18 Å². The van der Waals surface area contributed by atoms with E-state index < -0.39 is 5.41 Å². The topological polar surface area (TPSA) is 67.8 Å². The first-order valence-corrected chi connectivity index (χ1v) is 8.79. The summed E-state index contributed by atoms with van der Waals surface area (Å²) in [7, 11) is 1.74. The van der Waals surface area contributed by atoms with Crippen molar-refractivity contribution in [1.29, 1.82) is 0 Å². The summed E-state index contributed by atoms with van der Waals surface area (Å²) in [6.07, 6.45) is 4.50. The fourth-order valence-electron chi connectivity index (χ4n) is 3.90. The second-order valence-corrected chi connectivity index (χ2v) is 7.24. The summed E-state index contributed by atoms with van der Waals surface area (Å²) >= 11 is 0. The largest absolute Gasteiger partial charge is 0.322 e. The lowest BCUT2D eigenvalue weighted by atomic mass is 9.70. The number of carbonyl (C=O) groups excluding carboxylic acids is 1. The van der Waals surface area contributed by atoms with Gasteiger partial charge in [-0.25, -0.2) is 4.39 Å². The molecule has 0 radical (unpaired) electrons. The van der Waals surface area contributed by atoms with Crippen molar-refractivity contribution in [3.63, 3.8) is 0 Å². The lowest BCUT2D eigenvalue weighted by molar-refractivity contribution is -0.125. The first kappa shape index (κ1) is 16.7. The molecule has 0 unspecified atom stereocenters. The van der Waals surface area contributed by atoms with E-state index in [1.165, 1.54) is 12.3 Å². The van der Waals surface area contributed by atoms with Crippen molar-refractivity contribution in [3.8, 4) is 11.3 Å². The first-order valence-electron chi connectivity index (χ1n) is 8.79. The summed E-state index contributed by atoms with van der Waals surface area (Å²) in [5.74, 6) is -0.269. The standard InChI is InChI=1S/C20H20FN3O2/c1-20(8-4-3-5-18(20)25)14-6-7-16(23-19(14)26)12-9-15(21)13-11-22-24(2)17(13)10-12/h6-7,9-11H,3-5,8H2,1-2H3,(H,23,26)/t20-/m1/s1. The number of pyridine rings is 1. The van der Waals surface area contributed by atoms with E-state index in [0.29, 0.717) is 40.6 Å². The number of aromatic amines is 1. The number of Topliss-reactive ketones (excluding diaryl/α,β-unsaturated/α-hetero) is 1. The molecule has 1 N–H and O–H groups in total. The highest BCUT2D eigenvalue weighted by molar-refractivity contribution is 5.90. The Labute approximate surface area is 149 Å². The van der Waals surface area contributed by atoms with Crippen LogP contribution in [-0.4, -0.2) is 20.5 Å². The van der Waals surface area contributed by atoms with Crippen LogP contribution in [0.15, 0.2) is 35.3 Å². The molecule has 0 spiro atoms. The van der Waals surface area contributed by atoms with Crippen molar-refractivity contribution in [1.82, 2.24) is 14.8 Å². The van der Waals surface area contributed by atoms with Gasteiger partial charge >= 0.3 is 0 Å². The van der Waals surface area contributed by atoms with E-state index in [0.717, 1.165) is 12.8 Å². The normalized spacial score (nSPS) is 20.7. The zero-order chi connectivity index (χ0) is 18.5. The van der Waals surface area contributed by atoms with Crippen molar-refractivity contribution in [2.45, 2.75) is 38.0 Å². The fourth-order valence-corrected chi connectivity index (χ4v) is 3.90. The molecule has 0 aliphatic heterocycles. The molecule has 0 bridgehead atoms. The summed E-state index contributed by atoms with van der Waals surface area (Å²) in [4.78, 5) is 28.0. The number of nitrogens with one attached hydrogen (secondary N) is 1. The van der Waals surface area contributed by atoms with Gasteiger partial charge in [-0.05, 0) is 38.0 Å². The van der Waals surface area contributed by atoms with Crippen LogP contribution in [0.3, 0.4) is 0 Å². The number of hydrogen-bond donors (Lipinski definition) is 1. The number of aromatic nitrogens is 3. The van der Waals surface area contributed by atoms with Crippen molar-refractivity contribution >= 4 is 16.7 Å².